The highest BCUT2D eigenvalue weighted by molar-refractivity contribution is 9.10. The van der Waals surface area contributed by atoms with Crippen molar-refractivity contribution >= 4 is 33.3 Å². The number of hydrogen-bond acceptors (Lipinski definition) is 1. The highest BCUT2D eigenvalue weighted by Gasteiger charge is 2.16. The predicted octanol–water partition coefficient (Wildman–Crippen LogP) is 5.21. The van der Waals surface area contributed by atoms with Crippen LogP contribution in [0.15, 0.2) is 40.9 Å². The number of benzene rings is 2. The number of rotatable bonds is 2. The van der Waals surface area contributed by atoms with Gasteiger partial charge in [0.2, 0.25) is 0 Å². The van der Waals surface area contributed by atoms with E-state index in [0.717, 1.165) is 22.9 Å². The molecule has 102 valence electrons. The normalized spacial score (nSPS) is 13.9. The molecule has 3 heteroatoms. The smallest absolute Gasteiger partial charge is 0.194 e. The molecular formula is C17H14BrClO. The van der Waals surface area contributed by atoms with E-state index >= 15 is 0 Å². The number of fused-ring (bicyclic) bond motifs is 1. The van der Waals surface area contributed by atoms with Gasteiger partial charge >= 0.3 is 0 Å². The van der Waals surface area contributed by atoms with E-state index in [-0.39, 0.29) is 5.78 Å². The maximum absolute atomic E-state index is 12.6. The molecule has 0 amide bonds. The number of ketones is 1. The minimum atomic E-state index is -0.00382. The van der Waals surface area contributed by atoms with E-state index < -0.39 is 0 Å². The zero-order valence-electron chi connectivity index (χ0n) is 11.0. The van der Waals surface area contributed by atoms with Crippen molar-refractivity contribution in [1.29, 1.82) is 0 Å². The molecule has 2 aromatic carbocycles. The summed E-state index contributed by atoms with van der Waals surface area (Å²) in [6.45, 7) is 0. The van der Waals surface area contributed by atoms with E-state index in [1.807, 2.05) is 18.2 Å². The highest BCUT2D eigenvalue weighted by Crippen LogP contribution is 2.26. The van der Waals surface area contributed by atoms with Gasteiger partial charge in [-0.25, -0.2) is 0 Å². The Bertz CT molecular complexity index is 679. The highest BCUT2D eigenvalue weighted by atomic mass is 79.9. The van der Waals surface area contributed by atoms with Gasteiger partial charge in [-0.2, -0.15) is 0 Å². The first-order valence-electron chi connectivity index (χ1n) is 6.77. The van der Waals surface area contributed by atoms with Gasteiger partial charge in [0.25, 0.3) is 0 Å². The van der Waals surface area contributed by atoms with Gasteiger partial charge in [-0.15, -0.1) is 0 Å². The Kier molecular flexibility index (Phi) is 3.95. The summed E-state index contributed by atoms with van der Waals surface area (Å²) in [5.74, 6) is -0.00382. The molecule has 1 aliphatic carbocycles. The maximum Gasteiger partial charge on any atom is 0.194 e. The van der Waals surface area contributed by atoms with Crippen molar-refractivity contribution in [2.24, 2.45) is 0 Å². The molecule has 0 atom stereocenters. The second kappa shape index (κ2) is 5.71. The summed E-state index contributed by atoms with van der Waals surface area (Å²) in [6.07, 6.45) is 4.66. The van der Waals surface area contributed by atoms with E-state index in [4.69, 9.17) is 11.6 Å². The largest absolute Gasteiger partial charge is 0.289 e. The molecule has 1 aliphatic rings. The molecule has 0 heterocycles. The van der Waals surface area contributed by atoms with Crippen molar-refractivity contribution in [1.82, 2.24) is 0 Å². The molecule has 0 bridgehead atoms. The SMILES string of the molecule is O=C(c1ccc2c(c1)CCCC2)c1ccc(Br)cc1Cl. The van der Waals surface area contributed by atoms with Crippen LogP contribution in [0.2, 0.25) is 5.02 Å². The molecule has 0 radical (unpaired) electrons. The number of halogens is 2. The Labute approximate surface area is 132 Å². The van der Waals surface area contributed by atoms with Crippen molar-refractivity contribution in [3.8, 4) is 0 Å². The van der Waals surface area contributed by atoms with Crippen LogP contribution in [0.3, 0.4) is 0 Å². The molecule has 20 heavy (non-hydrogen) atoms. The lowest BCUT2D eigenvalue weighted by molar-refractivity contribution is 0.103. The molecule has 0 fully saturated rings. The number of carbonyl (C=O) groups excluding carboxylic acids is 1. The fraction of sp³-hybridized carbons (Fsp3) is 0.235. The van der Waals surface area contributed by atoms with Gasteiger partial charge in [-0.1, -0.05) is 39.7 Å². The van der Waals surface area contributed by atoms with Crippen LogP contribution in [-0.4, -0.2) is 5.78 Å². The fourth-order valence-electron chi connectivity index (χ4n) is 2.70. The van der Waals surface area contributed by atoms with Crippen LogP contribution in [0.25, 0.3) is 0 Å². The molecule has 0 saturated carbocycles. The molecule has 0 spiro atoms. The van der Waals surface area contributed by atoms with E-state index in [2.05, 4.69) is 22.0 Å². The van der Waals surface area contributed by atoms with Gasteiger partial charge in [-0.3, -0.25) is 4.79 Å². The monoisotopic (exact) mass is 348 g/mol. The van der Waals surface area contributed by atoms with Gasteiger partial charge in [-0.05, 0) is 61.1 Å². The first kappa shape index (κ1) is 13.8. The Morgan fingerprint density at radius 3 is 2.50 bits per heavy atom. The summed E-state index contributed by atoms with van der Waals surface area (Å²) in [4.78, 5) is 12.6. The van der Waals surface area contributed by atoms with Gasteiger partial charge in [0.15, 0.2) is 5.78 Å². The third-order valence-electron chi connectivity index (χ3n) is 3.79. The minimum absolute atomic E-state index is 0.00382. The number of carbonyl (C=O) groups is 1. The lowest BCUT2D eigenvalue weighted by Crippen LogP contribution is -2.07. The maximum atomic E-state index is 12.6. The Balaban J connectivity index is 1.98. The Hall–Kier alpha value is -1.12. The van der Waals surface area contributed by atoms with Crippen molar-refractivity contribution in [3.63, 3.8) is 0 Å². The van der Waals surface area contributed by atoms with Crippen LogP contribution in [-0.2, 0) is 12.8 Å². The molecule has 0 aromatic heterocycles. The molecule has 0 N–H and O–H groups in total. The first-order chi connectivity index (χ1) is 9.65. The van der Waals surface area contributed by atoms with Gasteiger partial charge < -0.3 is 0 Å². The van der Waals surface area contributed by atoms with Crippen molar-refractivity contribution in [2.75, 3.05) is 0 Å². The average molecular weight is 350 g/mol. The molecule has 2 aromatic rings. The lowest BCUT2D eigenvalue weighted by Gasteiger charge is -2.16. The Morgan fingerprint density at radius 2 is 1.75 bits per heavy atom. The van der Waals surface area contributed by atoms with Crippen molar-refractivity contribution < 1.29 is 4.79 Å². The first-order valence-corrected chi connectivity index (χ1v) is 7.94. The fourth-order valence-corrected chi connectivity index (χ4v) is 3.46. The molecule has 3 rings (SSSR count). The second-order valence-corrected chi connectivity index (χ2v) is 6.47. The van der Waals surface area contributed by atoms with E-state index in [0.29, 0.717) is 10.6 Å². The molecular weight excluding hydrogens is 336 g/mol. The van der Waals surface area contributed by atoms with Gasteiger partial charge in [0.05, 0.1) is 5.02 Å². The van der Waals surface area contributed by atoms with Crippen molar-refractivity contribution in [2.45, 2.75) is 25.7 Å². The second-order valence-electron chi connectivity index (χ2n) is 5.14. The predicted molar refractivity (Wildman–Crippen MR) is 85.7 cm³/mol. The Morgan fingerprint density at radius 1 is 1.00 bits per heavy atom. The summed E-state index contributed by atoms with van der Waals surface area (Å²) >= 11 is 9.52. The van der Waals surface area contributed by atoms with E-state index in [9.17, 15) is 4.79 Å². The topological polar surface area (TPSA) is 17.1 Å². The summed E-state index contributed by atoms with van der Waals surface area (Å²) in [6, 6.07) is 11.4. The summed E-state index contributed by atoms with van der Waals surface area (Å²) in [5.41, 5.74) is 3.99. The summed E-state index contributed by atoms with van der Waals surface area (Å²) in [5, 5.41) is 0.488. The van der Waals surface area contributed by atoms with Crippen LogP contribution >= 0.6 is 27.5 Å². The number of hydrogen-bond donors (Lipinski definition) is 0. The van der Waals surface area contributed by atoms with Gasteiger partial charge in [0.1, 0.15) is 0 Å². The molecule has 0 aliphatic heterocycles. The van der Waals surface area contributed by atoms with E-state index in [1.54, 1.807) is 12.1 Å². The van der Waals surface area contributed by atoms with Crippen LogP contribution in [0.5, 0.6) is 0 Å². The van der Waals surface area contributed by atoms with Gasteiger partial charge in [0, 0.05) is 15.6 Å². The molecule has 0 unspecified atom stereocenters. The third-order valence-corrected chi connectivity index (χ3v) is 4.59. The summed E-state index contributed by atoms with van der Waals surface area (Å²) < 4.78 is 0.879. The standard InChI is InChI=1S/C17H14BrClO/c18-14-7-8-15(16(19)10-14)17(20)13-6-5-11-3-1-2-4-12(11)9-13/h5-10H,1-4H2. The third kappa shape index (κ3) is 2.68. The number of aryl methyl sites for hydroxylation is 2. The lowest BCUT2D eigenvalue weighted by atomic mass is 9.89. The molecule has 0 saturated heterocycles. The van der Waals surface area contributed by atoms with E-state index in [1.165, 1.54) is 24.0 Å². The van der Waals surface area contributed by atoms with Crippen LogP contribution in [0.4, 0.5) is 0 Å². The minimum Gasteiger partial charge on any atom is -0.289 e. The molecule has 1 nitrogen and oxygen atoms in total. The summed E-state index contributed by atoms with van der Waals surface area (Å²) in [7, 11) is 0. The van der Waals surface area contributed by atoms with Crippen molar-refractivity contribution in [3.05, 3.63) is 68.1 Å². The van der Waals surface area contributed by atoms with Crippen LogP contribution < -0.4 is 0 Å². The van der Waals surface area contributed by atoms with Crippen LogP contribution in [0.1, 0.15) is 39.9 Å². The zero-order valence-corrected chi connectivity index (χ0v) is 13.3. The average Bonchev–Trinajstić information content (AvgIpc) is 2.46. The quantitative estimate of drug-likeness (QED) is 0.680. The van der Waals surface area contributed by atoms with Crippen LogP contribution in [0, 0.1) is 0 Å². The zero-order chi connectivity index (χ0) is 14.1.